The van der Waals surface area contributed by atoms with E-state index in [1.54, 1.807) is 0 Å². The van der Waals surface area contributed by atoms with Gasteiger partial charge in [-0.25, -0.2) is 14.8 Å². The number of phenols is 1. The number of carboxylic acid groups (broad SMARTS) is 1. The summed E-state index contributed by atoms with van der Waals surface area (Å²) < 4.78 is 5.16. The van der Waals surface area contributed by atoms with Gasteiger partial charge in [-0.1, -0.05) is 0 Å². The van der Waals surface area contributed by atoms with Crippen LogP contribution in [0.25, 0.3) is 22.5 Å². The molecule has 1 aliphatic carbocycles. The van der Waals surface area contributed by atoms with Gasteiger partial charge in [0.25, 0.3) is 0 Å². The van der Waals surface area contributed by atoms with Gasteiger partial charge in [-0.2, -0.15) is 0 Å². The number of benzene rings is 1. The lowest BCUT2D eigenvalue weighted by Crippen LogP contribution is -2.29. The maximum atomic E-state index is 12.8. The number of allylic oxidation sites excluding steroid dienone is 1. The highest BCUT2D eigenvalue weighted by Crippen LogP contribution is 2.44. The third kappa shape index (κ3) is 3.84. The molecular formula is C25H22N4O8. The lowest BCUT2D eigenvalue weighted by Gasteiger charge is -2.20. The van der Waals surface area contributed by atoms with Gasteiger partial charge in [0, 0.05) is 11.1 Å². The molecule has 0 amide bonds. The highest BCUT2D eigenvalue weighted by molar-refractivity contribution is 6.26. The average Bonchev–Trinajstić information content (AvgIpc) is 2.88. The molecule has 0 atom stereocenters. The second-order valence-corrected chi connectivity index (χ2v) is 8.13. The number of aromatic hydroxyl groups is 1. The molecule has 3 aromatic rings. The highest BCUT2D eigenvalue weighted by atomic mass is 16.5. The van der Waals surface area contributed by atoms with Crippen LogP contribution >= 0.6 is 0 Å². The van der Waals surface area contributed by atoms with Gasteiger partial charge in [-0.05, 0) is 36.8 Å². The van der Waals surface area contributed by atoms with E-state index in [9.17, 15) is 34.8 Å². The Bertz CT molecular complexity index is 1540. The summed E-state index contributed by atoms with van der Waals surface area (Å²) in [5, 5.41) is 39.9. The zero-order chi connectivity index (χ0) is 27.2. The number of fused-ring (bicyclic) bond motifs is 1. The Labute approximate surface area is 209 Å². The Morgan fingerprint density at radius 2 is 1.65 bits per heavy atom. The van der Waals surface area contributed by atoms with Crippen molar-refractivity contribution in [3.63, 3.8) is 0 Å². The van der Waals surface area contributed by atoms with E-state index in [4.69, 9.17) is 16.2 Å². The molecule has 37 heavy (non-hydrogen) atoms. The van der Waals surface area contributed by atoms with Crippen LogP contribution < -0.4 is 16.2 Å². The third-order valence-electron chi connectivity index (χ3n) is 6.17. The van der Waals surface area contributed by atoms with Gasteiger partial charge in [0.05, 0.1) is 54.1 Å². The standard InChI is InChI=1S/C25H22N4O8/c1-9-16(10-4-6-15(37-2)12(7-30)22(10)32)18(27)21(29-19(9)25(35)36)14-5-3-11-20(28-14)24(34)17(26)13(8-31)23(11)33/h3-6,30-32H,7-8,26-27H2,1-2H3,(H,35,36). The van der Waals surface area contributed by atoms with Crippen LogP contribution in [0.1, 0.15) is 42.5 Å². The van der Waals surface area contributed by atoms with Crippen LogP contribution in [-0.2, 0) is 6.61 Å². The first kappa shape index (κ1) is 25.3. The molecule has 12 heteroatoms. The molecule has 0 spiro atoms. The summed E-state index contributed by atoms with van der Waals surface area (Å²) in [4.78, 5) is 45.8. The van der Waals surface area contributed by atoms with Crippen molar-refractivity contribution in [1.82, 2.24) is 9.97 Å². The number of aromatic carboxylic acids is 1. The summed E-state index contributed by atoms with van der Waals surface area (Å²) in [6.45, 7) is 0.161. The number of aromatic nitrogens is 2. The summed E-state index contributed by atoms with van der Waals surface area (Å²) in [5.41, 5.74) is 10.9. The Balaban J connectivity index is 2.01. The topological polar surface area (TPSA) is 219 Å². The average molecular weight is 506 g/mol. The molecule has 8 N–H and O–H groups in total. The van der Waals surface area contributed by atoms with Gasteiger partial charge in [0.1, 0.15) is 22.9 Å². The lowest BCUT2D eigenvalue weighted by molar-refractivity contribution is 0.0689. The van der Waals surface area contributed by atoms with Crippen molar-refractivity contribution in [3.05, 3.63) is 63.6 Å². The van der Waals surface area contributed by atoms with Crippen LogP contribution in [-0.4, -0.2) is 61.6 Å². The number of hydrogen-bond acceptors (Lipinski definition) is 11. The van der Waals surface area contributed by atoms with E-state index < -0.39 is 42.1 Å². The Morgan fingerprint density at radius 3 is 2.24 bits per heavy atom. The summed E-state index contributed by atoms with van der Waals surface area (Å²) in [6.07, 6.45) is 0. The normalized spacial score (nSPS) is 13.1. The molecule has 1 aliphatic rings. The molecule has 4 rings (SSSR count). The molecule has 0 saturated heterocycles. The number of carboxylic acids is 1. The van der Waals surface area contributed by atoms with Crippen LogP contribution in [0.2, 0.25) is 0 Å². The second kappa shape index (κ2) is 9.33. The number of hydrogen-bond donors (Lipinski definition) is 6. The van der Waals surface area contributed by atoms with Gasteiger partial charge >= 0.3 is 5.97 Å². The molecule has 0 radical (unpaired) electrons. The van der Waals surface area contributed by atoms with E-state index in [0.717, 1.165) is 0 Å². The van der Waals surface area contributed by atoms with Crippen LogP contribution in [0.3, 0.4) is 0 Å². The van der Waals surface area contributed by atoms with E-state index in [1.807, 2.05) is 0 Å². The summed E-state index contributed by atoms with van der Waals surface area (Å²) in [7, 11) is 1.36. The van der Waals surface area contributed by atoms with E-state index in [2.05, 4.69) is 9.97 Å². The predicted octanol–water partition coefficient (Wildman–Crippen LogP) is 1.19. The summed E-state index contributed by atoms with van der Waals surface area (Å²) in [6, 6.07) is 5.55. The molecule has 0 saturated carbocycles. The number of Topliss-reactive ketones (excluding diaryl/α,β-unsaturated/α-hetero) is 2. The predicted molar refractivity (Wildman–Crippen MR) is 130 cm³/mol. The molecule has 0 aliphatic heterocycles. The monoisotopic (exact) mass is 506 g/mol. The zero-order valence-corrected chi connectivity index (χ0v) is 19.7. The van der Waals surface area contributed by atoms with Crippen LogP contribution in [0.15, 0.2) is 35.5 Å². The highest BCUT2D eigenvalue weighted by Gasteiger charge is 2.33. The van der Waals surface area contributed by atoms with Gasteiger partial charge in [0.2, 0.25) is 5.78 Å². The van der Waals surface area contributed by atoms with Gasteiger partial charge < -0.3 is 36.6 Å². The van der Waals surface area contributed by atoms with Gasteiger partial charge in [-0.3, -0.25) is 9.59 Å². The Morgan fingerprint density at radius 1 is 0.973 bits per heavy atom. The summed E-state index contributed by atoms with van der Waals surface area (Å²) >= 11 is 0. The maximum absolute atomic E-state index is 12.8. The molecular weight excluding hydrogens is 484 g/mol. The molecule has 0 unspecified atom stereocenters. The number of pyridine rings is 2. The molecule has 12 nitrogen and oxygen atoms in total. The minimum atomic E-state index is -1.39. The minimum absolute atomic E-state index is 0.0308. The van der Waals surface area contributed by atoms with Crippen molar-refractivity contribution >= 4 is 23.2 Å². The molecule has 1 aromatic carbocycles. The fraction of sp³-hybridized carbons (Fsp3) is 0.160. The number of rotatable bonds is 6. The van der Waals surface area contributed by atoms with Crippen LogP contribution in [0, 0.1) is 6.92 Å². The SMILES string of the molecule is COc1ccc(-c2c(C)c(C(=O)O)nc(-c3ccc4c(n3)C(=O)C(N)=C(CO)C4=O)c2N)c(O)c1CO. The van der Waals surface area contributed by atoms with Crippen molar-refractivity contribution in [2.24, 2.45) is 5.73 Å². The first-order valence-electron chi connectivity index (χ1n) is 10.8. The van der Waals surface area contributed by atoms with Crippen molar-refractivity contribution in [2.45, 2.75) is 13.5 Å². The minimum Gasteiger partial charge on any atom is -0.507 e. The second-order valence-electron chi connectivity index (χ2n) is 8.13. The van der Waals surface area contributed by atoms with Gasteiger partial charge in [-0.15, -0.1) is 0 Å². The first-order chi connectivity index (χ1) is 17.6. The fourth-order valence-corrected chi connectivity index (χ4v) is 4.26. The molecule has 0 fully saturated rings. The summed E-state index contributed by atoms with van der Waals surface area (Å²) in [5.74, 6) is -3.01. The number of anilines is 1. The number of carbonyl (C=O) groups excluding carboxylic acids is 2. The maximum Gasteiger partial charge on any atom is 0.354 e. The fourth-order valence-electron chi connectivity index (χ4n) is 4.26. The van der Waals surface area contributed by atoms with E-state index in [-0.39, 0.29) is 67.7 Å². The van der Waals surface area contributed by atoms with Crippen molar-refractivity contribution < 1.29 is 39.5 Å². The number of ether oxygens (including phenoxy) is 1. The van der Waals surface area contributed by atoms with E-state index >= 15 is 0 Å². The number of methoxy groups -OCH3 is 1. The number of nitrogens with zero attached hydrogens (tertiary/aromatic N) is 2. The number of aliphatic hydroxyl groups excluding tert-OH is 2. The zero-order valence-electron chi connectivity index (χ0n) is 19.7. The largest absolute Gasteiger partial charge is 0.507 e. The molecule has 2 heterocycles. The van der Waals surface area contributed by atoms with E-state index in [0.29, 0.717) is 0 Å². The molecule has 190 valence electrons. The first-order valence-corrected chi connectivity index (χ1v) is 10.8. The lowest BCUT2D eigenvalue weighted by atomic mass is 9.90. The Hall–Kier alpha value is -4.81. The number of ketones is 2. The van der Waals surface area contributed by atoms with Gasteiger partial charge in [0.15, 0.2) is 11.5 Å². The quantitative estimate of drug-likeness (QED) is 0.278. The van der Waals surface area contributed by atoms with Crippen LogP contribution in [0.4, 0.5) is 5.69 Å². The van der Waals surface area contributed by atoms with E-state index in [1.165, 1.54) is 38.3 Å². The molecule has 0 bridgehead atoms. The van der Waals surface area contributed by atoms with Crippen molar-refractivity contribution in [2.75, 3.05) is 19.5 Å². The smallest absolute Gasteiger partial charge is 0.354 e. The third-order valence-corrected chi connectivity index (χ3v) is 6.17. The molecule has 2 aromatic heterocycles. The number of aliphatic hydroxyl groups is 2. The Kier molecular flexibility index (Phi) is 6.38. The number of nitrogens with two attached hydrogens (primary N) is 2. The van der Waals surface area contributed by atoms with Crippen molar-refractivity contribution in [3.8, 4) is 34.0 Å². The number of nitrogen functional groups attached to an aromatic ring is 1. The number of carbonyl (C=O) groups is 3. The van der Waals surface area contributed by atoms with Crippen molar-refractivity contribution in [1.29, 1.82) is 0 Å². The van der Waals surface area contributed by atoms with Crippen LogP contribution in [0.5, 0.6) is 11.5 Å².